The van der Waals surface area contributed by atoms with Gasteiger partial charge in [-0.2, -0.15) is 0 Å². The van der Waals surface area contributed by atoms with Crippen LogP contribution in [-0.4, -0.2) is 0 Å². The van der Waals surface area contributed by atoms with Crippen molar-refractivity contribution in [3.8, 4) is 0 Å². The number of hydrogen-bond donors (Lipinski definition) is 0. The molecule has 0 nitrogen and oxygen atoms in total. The van der Waals surface area contributed by atoms with Gasteiger partial charge in [0, 0.05) is 0 Å². The fraction of sp³-hybridized carbons (Fsp3) is 0.158. The van der Waals surface area contributed by atoms with Crippen LogP contribution in [0.5, 0.6) is 0 Å². The van der Waals surface area contributed by atoms with Gasteiger partial charge in [-0.05, 0) is 0 Å². The molecule has 2 aromatic carbocycles. The summed E-state index contributed by atoms with van der Waals surface area (Å²) in [6.45, 7) is 4.32. The number of aryl methyl sites for hydroxylation is 2. The molecular weight excluding hydrogens is 273 g/mol. The molecule has 0 unspecified atom stereocenters. The summed E-state index contributed by atoms with van der Waals surface area (Å²) < 4.78 is 4.81. The van der Waals surface area contributed by atoms with E-state index in [-0.39, 0.29) is 0 Å². The van der Waals surface area contributed by atoms with E-state index in [4.69, 9.17) is 0 Å². The molecule has 0 atom stereocenters. The Morgan fingerprint density at radius 3 is 1.65 bits per heavy atom. The third-order valence-electron chi connectivity index (χ3n) is 3.99. The van der Waals surface area contributed by atoms with Crippen molar-refractivity contribution in [3.05, 3.63) is 81.2 Å². The molecule has 98 valence electrons. The molecule has 1 heteroatoms. The first-order valence-corrected chi connectivity index (χ1v) is 9.93. The van der Waals surface area contributed by atoms with Crippen LogP contribution >= 0.6 is 0 Å². The number of allylic oxidation sites excluding steroid dienone is 4. The van der Waals surface area contributed by atoms with E-state index in [1.54, 1.807) is 9.97 Å². The normalized spacial score (nSPS) is 13.4. The third-order valence-corrected chi connectivity index (χ3v) is 9.10. The second kappa shape index (κ2) is 6.05. The van der Waals surface area contributed by atoms with Crippen LogP contribution in [0.3, 0.4) is 0 Å². The Kier molecular flexibility index (Phi) is 4.16. The predicted octanol–water partition coefficient (Wildman–Crippen LogP) is 3.72. The van der Waals surface area contributed by atoms with E-state index in [0.717, 1.165) is 6.42 Å². The molecule has 0 spiro atoms. The van der Waals surface area contributed by atoms with Crippen molar-refractivity contribution >= 4 is 6.64 Å². The minimum atomic E-state index is -1.81. The first kappa shape index (κ1) is 13.8. The molecule has 20 heavy (non-hydrogen) atoms. The molecule has 0 aromatic heterocycles. The molecule has 2 aromatic rings. The standard InChI is InChI=1S/2C7H7.C5H5.Sc/c2*1-7-5-3-2-4-6-7;1-2-4-5-3-1;/h2*3-6H,1H3;1-3H,4H2;. The van der Waals surface area contributed by atoms with Crippen molar-refractivity contribution in [1.29, 1.82) is 0 Å². The van der Waals surface area contributed by atoms with E-state index in [2.05, 4.69) is 80.6 Å². The summed E-state index contributed by atoms with van der Waals surface area (Å²) in [6, 6.07) is 18.4. The summed E-state index contributed by atoms with van der Waals surface area (Å²) in [5.41, 5.74) is 2.69. The van der Waals surface area contributed by atoms with Crippen molar-refractivity contribution in [2.24, 2.45) is 0 Å². The fourth-order valence-corrected chi connectivity index (χ4v) is 7.61. The zero-order chi connectivity index (χ0) is 13.9. The van der Waals surface area contributed by atoms with E-state index in [1.807, 2.05) is 0 Å². The van der Waals surface area contributed by atoms with Crippen LogP contribution in [0, 0.1) is 13.8 Å². The van der Waals surface area contributed by atoms with Gasteiger partial charge in [0.25, 0.3) is 0 Å². The number of rotatable bonds is 3. The van der Waals surface area contributed by atoms with Crippen LogP contribution in [0.25, 0.3) is 0 Å². The molecule has 1 aliphatic carbocycles. The predicted molar refractivity (Wildman–Crippen MR) is 83.5 cm³/mol. The van der Waals surface area contributed by atoms with Crippen LogP contribution in [0.4, 0.5) is 0 Å². The second-order valence-corrected chi connectivity index (χ2v) is 10.2. The SMILES string of the molecule is Cc1cc[c]([Sc]([C]2=CC=CC2)[c]2ccc(C)cc2)cc1. The van der Waals surface area contributed by atoms with Gasteiger partial charge in [-0.3, -0.25) is 0 Å². The molecule has 0 aliphatic heterocycles. The Balaban J connectivity index is 2.04. The van der Waals surface area contributed by atoms with Crippen molar-refractivity contribution in [2.45, 2.75) is 20.3 Å². The van der Waals surface area contributed by atoms with Gasteiger partial charge in [0.15, 0.2) is 0 Å². The van der Waals surface area contributed by atoms with Crippen molar-refractivity contribution in [2.75, 3.05) is 0 Å². The van der Waals surface area contributed by atoms with Gasteiger partial charge in [0.05, 0.1) is 0 Å². The Morgan fingerprint density at radius 2 is 1.25 bits per heavy atom. The number of hydrogen-bond acceptors (Lipinski definition) is 0. The summed E-state index contributed by atoms with van der Waals surface area (Å²) in [7, 11) is 0. The average Bonchev–Trinajstić information content (AvgIpc) is 2.97. The molecule has 0 amide bonds. The third kappa shape index (κ3) is 2.93. The Bertz CT molecular complexity index is 600. The average molecular weight is 292 g/mol. The fourth-order valence-electron chi connectivity index (χ4n) is 2.82. The van der Waals surface area contributed by atoms with Crippen LogP contribution in [-0.2, 0) is 21.4 Å². The molecule has 0 saturated carbocycles. The topological polar surface area (TPSA) is 0 Å². The molecule has 0 fully saturated rings. The van der Waals surface area contributed by atoms with Crippen molar-refractivity contribution < 1.29 is 21.4 Å². The maximum atomic E-state index is 2.35. The van der Waals surface area contributed by atoms with Gasteiger partial charge in [0.1, 0.15) is 0 Å². The summed E-state index contributed by atoms with van der Waals surface area (Å²) in [4.78, 5) is 0. The van der Waals surface area contributed by atoms with E-state index in [9.17, 15) is 0 Å². The first-order valence-electron chi connectivity index (χ1n) is 7.23. The van der Waals surface area contributed by atoms with E-state index >= 15 is 0 Å². The maximum absolute atomic E-state index is 2.35. The zero-order valence-corrected chi connectivity index (χ0v) is 13.9. The van der Waals surface area contributed by atoms with Crippen LogP contribution < -0.4 is 6.64 Å². The quantitative estimate of drug-likeness (QED) is 0.809. The molecule has 0 radical (unpaired) electrons. The summed E-state index contributed by atoms with van der Waals surface area (Å²) in [5.74, 6) is 0. The molecular formula is C19H19Sc. The van der Waals surface area contributed by atoms with Gasteiger partial charge >= 0.3 is 130 Å². The summed E-state index contributed by atoms with van der Waals surface area (Å²) in [6.07, 6.45) is 8.00. The van der Waals surface area contributed by atoms with Crippen molar-refractivity contribution in [1.82, 2.24) is 0 Å². The van der Waals surface area contributed by atoms with E-state index < -0.39 is 21.4 Å². The molecule has 1 aliphatic rings. The minimum absolute atomic E-state index is 1.15. The Hall–Kier alpha value is -1.21. The zero-order valence-electron chi connectivity index (χ0n) is 12.1. The van der Waals surface area contributed by atoms with Gasteiger partial charge in [-0.1, -0.05) is 0 Å². The first-order chi connectivity index (χ1) is 9.74. The Morgan fingerprint density at radius 1 is 0.750 bits per heavy atom. The van der Waals surface area contributed by atoms with Crippen LogP contribution in [0.1, 0.15) is 17.5 Å². The van der Waals surface area contributed by atoms with Gasteiger partial charge in [0.2, 0.25) is 0 Å². The summed E-state index contributed by atoms with van der Waals surface area (Å²) in [5, 5.41) is 0. The molecule has 0 heterocycles. The van der Waals surface area contributed by atoms with Crippen molar-refractivity contribution in [3.63, 3.8) is 0 Å². The van der Waals surface area contributed by atoms with Gasteiger partial charge in [-0.25, -0.2) is 0 Å². The van der Waals surface area contributed by atoms with Gasteiger partial charge < -0.3 is 0 Å². The van der Waals surface area contributed by atoms with E-state index in [0.29, 0.717) is 0 Å². The molecule has 0 N–H and O–H groups in total. The molecule has 0 saturated heterocycles. The monoisotopic (exact) mass is 292 g/mol. The molecule has 0 bridgehead atoms. The van der Waals surface area contributed by atoms with E-state index in [1.165, 1.54) is 11.1 Å². The Labute approximate surface area is 129 Å². The summed E-state index contributed by atoms with van der Waals surface area (Å²) >= 11 is -1.81. The van der Waals surface area contributed by atoms with Crippen LogP contribution in [0.15, 0.2) is 70.1 Å². The van der Waals surface area contributed by atoms with Crippen LogP contribution in [0.2, 0.25) is 0 Å². The second-order valence-electron chi connectivity index (χ2n) is 5.63. The molecule has 3 rings (SSSR count). The number of benzene rings is 2. The van der Waals surface area contributed by atoms with Gasteiger partial charge in [-0.15, -0.1) is 0 Å².